The van der Waals surface area contributed by atoms with Crippen LogP contribution in [-0.2, 0) is 28.6 Å². The number of hydrogen-bond acceptors (Lipinski definition) is 6. The largest absolute Gasteiger partial charge is 0.462 e. The van der Waals surface area contributed by atoms with E-state index in [0.717, 1.165) is 116 Å². The Bertz CT molecular complexity index is 1540. The summed E-state index contributed by atoms with van der Waals surface area (Å²) in [6, 6.07) is 0. The summed E-state index contributed by atoms with van der Waals surface area (Å²) in [5, 5.41) is 0. The molecule has 0 heterocycles. The van der Waals surface area contributed by atoms with Crippen LogP contribution in [0.1, 0.15) is 297 Å². The fourth-order valence-electron chi connectivity index (χ4n) is 8.75. The number of esters is 3. The number of rotatable bonds is 57. The van der Waals surface area contributed by atoms with E-state index in [1.54, 1.807) is 0 Å². The van der Waals surface area contributed by atoms with Crippen molar-refractivity contribution in [2.24, 2.45) is 0 Å². The molecule has 0 saturated heterocycles. The highest BCUT2D eigenvalue weighted by Crippen LogP contribution is 2.15. The van der Waals surface area contributed by atoms with Gasteiger partial charge in [-0.05, 0) is 109 Å². The van der Waals surface area contributed by atoms with Gasteiger partial charge in [0.05, 0.1) is 0 Å². The molecule has 0 radical (unpaired) electrons. The number of hydrogen-bond donors (Lipinski definition) is 0. The van der Waals surface area contributed by atoms with E-state index >= 15 is 0 Å². The molecule has 76 heavy (non-hydrogen) atoms. The van der Waals surface area contributed by atoms with Gasteiger partial charge in [0.2, 0.25) is 0 Å². The lowest BCUT2D eigenvalue weighted by atomic mass is 10.1. The second-order valence-electron chi connectivity index (χ2n) is 20.9. The molecular weight excluding hydrogens is 937 g/mol. The van der Waals surface area contributed by atoms with Crippen LogP contribution in [0.4, 0.5) is 0 Å². The minimum atomic E-state index is -0.782. The minimum absolute atomic E-state index is 0.0807. The van der Waals surface area contributed by atoms with Crippen molar-refractivity contribution < 1.29 is 28.6 Å². The molecule has 0 aliphatic rings. The van der Waals surface area contributed by atoms with E-state index in [1.807, 2.05) is 0 Å². The van der Waals surface area contributed by atoms with E-state index in [2.05, 4.69) is 130 Å². The SMILES string of the molecule is CC/C=C\C/C=C\C/C=C\C/C=C\C/C=C\C/C=C\C/C=C\C/C=C\CCCCCCCCCCC(=O)OCC(COC(=O)CCCCCCCCC)OC(=O)CCCCCCCCC/C=C\CCCCCCCCC. The zero-order valence-electron chi connectivity index (χ0n) is 49.7. The van der Waals surface area contributed by atoms with Crippen LogP contribution in [0, 0.1) is 0 Å². The van der Waals surface area contributed by atoms with Crippen molar-refractivity contribution in [1.29, 1.82) is 0 Å². The van der Waals surface area contributed by atoms with Gasteiger partial charge < -0.3 is 14.2 Å². The molecule has 0 aromatic carbocycles. The third kappa shape index (κ3) is 60.9. The van der Waals surface area contributed by atoms with Crippen molar-refractivity contribution in [2.75, 3.05) is 13.2 Å². The quantitative estimate of drug-likeness (QED) is 0.0261. The van der Waals surface area contributed by atoms with Crippen LogP contribution in [0.25, 0.3) is 0 Å². The molecule has 1 atom stereocenters. The predicted octanol–water partition coefficient (Wildman–Crippen LogP) is 21.8. The highest BCUT2D eigenvalue weighted by molar-refractivity contribution is 5.71. The Balaban J connectivity index is 4.15. The lowest BCUT2D eigenvalue weighted by Crippen LogP contribution is -2.30. The molecule has 1 unspecified atom stereocenters. The van der Waals surface area contributed by atoms with Gasteiger partial charge >= 0.3 is 17.9 Å². The van der Waals surface area contributed by atoms with E-state index in [-0.39, 0.29) is 31.1 Å². The molecular formula is C70H118O6. The van der Waals surface area contributed by atoms with Gasteiger partial charge in [-0.2, -0.15) is 0 Å². The zero-order chi connectivity index (χ0) is 55.0. The van der Waals surface area contributed by atoms with E-state index < -0.39 is 6.10 Å². The van der Waals surface area contributed by atoms with Crippen LogP contribution in [0.3, 0.4) is 0 Å². The van der Waals surface area contributed by atoms with Gasteiger partial charge in [-0.15, -0.1) is 0 Å². The molecule has 0 fully saturated rings. The Hall–Kier alpha value is -3.93. The third-order valence-corrected chi connectivity index (χ3v) is 13.5. The second-order valence-corrected chi connectivity index (χ2v) is 20.9. The second kappa shape index (κ2) is 63.6. The van der Waals surface area contributed by atoms with Crippen LogP contribution < -0.4 is 0 Å². The topological polar surface area (TPSA) is 78.9 Å². The van der Waals surface area contributed by atoms with Crippen molar-refractivity contribution in [1.82, 2.24) is 0 Å². The van der Waals surface area contributed by atoms with Gasteiger partial charge in [0.25, 0.3) is 0 Å². The van der Waals surface area contributed by atoms with Gasteiger partial charge in [-0.1, -0.05) is 278 Å². The molecule has 0 aromatic rings. The number of allylic oxidation sites excluding steroid dienone is 18. The molecule has 0 saturated carbocycles. The first kappa shape index (κ1) is 72.1. The van der Waals surface area contributed by atoms with Crippen molar-refractivity contribution >= 4 is 17.9 Å². The van der Waals surface area contributed by atoms with Crippen LogP contribution in [0.5, 0.6) is 0 Å². The van der Waals surface area contributed by atoms with Crippen LogP contribution in [-0.4, -0.2) is 37.2 Å². The van der Waals surface area contributed by atoms with E-state index in [4.69, 9.17) is 14.2 Å². The monoisotopic (exact) mass is 1050 g/mol. The predicted molar refractivity (Wildman–Crippen MR) is 330 cm³/mol. The lowest BCUT2D eigenvalue weighted by Gasteiger charge is -2.18. The number of ether oxygens (including phenoxy) is 3. The molecule has 0 aliphatic carbocycles. The molecule has 0 amide bonds. The summed E-state index contributed by atoms with van der Waals surface area (Å²) in [6.07, 6.45) is 86.9. The first-order valence-electron chi connectivity index (χ1n) is 31.9. The van der Waals surface area contributed by atoms with Gasteiger partial charge in [-0.3, -0.25) is 14.4 Å². The van der Waals surface area contributed by atoms with Crippen LogP contribution in [0.15, 0.2) is 109 Å². The van der Waals surface area contributed by atoms with Crippen molar-refractivity contribution in [2.45, 2.75) is 303 Å². The normalized spacial score (nSPS) is 12.8. The van der Waals surface area contributed by atoms with Gasteiger partial charge in [0.15, 0.2) is 6.10 Å². The summed E-state index contributed by atoms with van der Waals surface area (Å²) in [4.78, 5) is 38.0. The maximum Gasteiger partial charge on any atom is 0.306 e. The van der Waals surface area contributed by atoms with Crippen molar-refractivity contribution in [3.8, 4) is 0 Å². The molecule has 0 spiro atoms. The van der Waals surface area contributed by atoms with Gasteiger partial charge in [0, 0.05) is 19.3 Å². The third-order valence-electron chi connectivity index (χ3n) is 13.5. The Morgan fingerprint density at radius 3 is 0.816 bits per heavy atom. The smallest absolute Gasteiger partial charge is 0.306 e. The van der Waals surface area contributed by atoms with Crippen LogP contribution >= 0.6 is 0 Å². The van der Waals surface area contributed by atoms with Crippen molar-refractivity contribution in [3.05, 3.63) is 109 Å². The maximum atomic E-state index is 12.8. The first-order valence-corrected chi connectivity index (χ1v) is 31.9. The lowest BCUT2D eigenvalue weighted by molar-refractivity contribution is -0.167. The highest BCUT2D eigenvalue weighted by atomic mass is 16.6. The summed E-state index contributed by atoms with van der Waals surface area (Å²) in [7, 11) is 0. The average molecular weight is 1060 g/mol. The fraction of sp³-hybridized carbons (Fsp3) is 0.700. The van der Waals surface area contributed by atoms with E-state index in [0.29, 0.717) is 19.3 Å². The summed E-state index contributed by atoms with van der Waals surface area (Å²) >= 11 is 0. The molecule has 434 valence electrons. The van der Waals surface area contributed by atoms with E-state index in [9.17, 15) is 14.4 Å². The molecule has 6 nitrogen and oxygen atoms in total. The number of unbranched alkanes of at least 4 members (excludes halogenated alkanes) is 28. The summed E-state index contributed by atoms with van der Waals surface area (Å²) < 4.78 is 16.8. The summed E-state index contributed by atoms with van der Waals surface area (Å²) in [5.41, 5.74) is 0. The Kier molecular flexibility index (Phi) is 60.3. The standard InChI is InChI=1S/C70H118O6/c1-4-7-10-13-16-18-20-22-24-26-28-29-30-31-32-33-34-35-36-37-38-39-40-41-42-44-45-47-49-51-54-57-60-63-69(72)75-66-67(65-74-68(71)62-59-56-53-15-12-9-6-3)76-70(73)64-61-58-55-52-50-48-46-43-27-25-23-21-19-17-14-11-8-5-2/h7,10,16,18,22,24-25,27-29,31-32,34-35,37-38,40-41,67H,4-6,8-9,11-15,17,19-21,23,26,30,33,36,39,42-66H2,1-3H3/b10-7-,18-16-,24-22-,27-25-,29-28-,32-31-,35-34-,38-37-,41-40-. The molecule has 0 bridgehead atoms. The molecule has 0 aromatic heterocycles. The molecule has 0 rings (SSSR count). The van der Waals surface area contributed by atoms with Crippen LogP contribution in [0.2, 0.25) is 0 Å². The fourth-order valence-corrected chi connectivity index (χ4v) is 8.75. The summed E-state index contributed by atoms with van der Waals surface area (Å²) in [5.74, 6) is -0.895. The van der Waals surface area contributed by atoms with Gasteiger partial charge in [0.1, 0.15) is 13.2 Å². The Morgan fingerprint density at radius 2 is 0.513 bits per heavy atom. The van der Waals surface area contributed by atoms with Gasteiger partial charge in [-0.25, -0.2) is 0 Å². The Morgan fingerprint density at radius 1 is 0.276 bits per heavy atom. The molecule has 0 aliphatic heterocycles. The molecule has 6 heteroatoms. The average Bonchev–Trinajstić information content (AvgIpc) is 3.42. The van der Waals surface area contributed by atoms with E-state index in [1.165, 1.54) is 141 Å². The highest BCUT2D eigenvalue weighted by Gasteiger charge is 2.19. The molecule has 0 N–H and O–H groups in total. The number of carbonyl (C=O) groups excluding carboxylic acids is 3. The maximum absolute atomic E-state index is 12.8. The first-order chi connectivity index (χ1) is 37.5. The van der Waals surface area contributed by atoms with Crippen molar-refractivity contribution in [3.63, 3.8) is 0 Å². The minimum Gasteiger partial charge on any atom is -0.462 e. The number of carbonyl (C=O) groups is 3. The summed E-state index contributed by atoms with van der Waals surface area (Å²) in [6.45, 7) is 6.48. The zero-order valence-corrected chi connectivity index (χ0v) is 49.7. The Labute approximate surface area is 470 Å².